The Hall–Kier alpha value is -1.22. The summed E-state index contributed by atoms with van der Waals surface area (Å²) in [5.41, 5.74) is 0. The average Bonchev–Trinajstić information content (AvgIpc) is 1.88. The molecule has 0 heterocycles. The molecule has 0 aromatic heterocycles. The molecule has 3 heteroatoms. The van der Waals surface area contributed by atoms with Crippen molar-refractivity contribution in [3.63, 3.8) is 0 Å². The highest BCUT2D eigenvalue weighted by Gasteiger charge is 1.93. The second kappa shape index (κ2) is 3.08. The first-order chi connectivity index (χ1) is 4.83. The van der Waals surface area contributed by atoms with Crippen LogP contribution >= 0.6 is 0 Å². The predicted molar refractivity (Wildman–Crippen MR) is 32.8 cm³/mol. The lowest BCUT2D eigenvalue weighted by molar-refractivity contribution is 0.0374. The molecular formula is C7H6O3. The Morgan fingerprint density at radius 1 is 1.40 bits per heavy atom. The van der Waals surface area contributed by atoms with E-state index in [-0.39, 0.29) is 5.75 Å². The van der Waals surface area contributed by atoms with Crippen LogP contribution < -0.4 is 4.74 Å². The van der Waals surface area contributed by atoms with E-state index in [1.54, 1.807) is 12.1 Å². The Labute approximate surface area is 58.5 Å². The summed E-state index contributed by atoms with van der Waals surface area (Å²) in [7, 11) is 0. The summed E-state index contributed by atoms with van der Waals surface area (Å²) in [6, 6.07) is 5.79. The van der Waals surface area contributed by atoms with Crippen molar-refractivity contribution in [3.8, 4) is 11.5 Å². The monoisotopic (exact) mass is 138 g/mol. The maximum Gasteiger partial charge on any atom is 0.221 e. The number of hydrogen-bond acceptors (Lipinski definition) is 1. The second-order valence-electron chi connectivity index (χ2n) is 1.74. The molecule has 0 amide bonds. The fraction of sp³-hybridized carbons (Fsp3) is 0.143. The molecule has 0 atom stereocenters. The largest absolute Gasteiger partial charge is 0.465 e. The van der Waals surface area contributed by atoms with Crippen LogP contribution in [0.15, 0.2) is 24.3 Å². The van der Waals surface area contributed by atoms with Crippen LogP contribution in [0.1, 0.15) is 0 Å². The van der Waals surface area contributed by atoms with Crippen molar-refractivity contribution >= 4 is 0 Å². The molecule has 0 N–H and O–H groups in total. The maximum atomic E-state index is 10.6. The minimum Gasteiger partial charge on any atom is -0.465 e. The summed E-state index contributed by atoms with van der Waals surface area (Å²) >= 11 is 0. The standard InChI is InChI=1S/C7H6O3/c8-5-10-7-3-1-2-6(9)4-7/h1-4H,5H2. The Bertz CT molecular complexity index is 210. The molecule has 0 aliphatic carbocycles. The van der Waals surface area contributed by atoms with E-state index in [0.29, 0.717) is 5.75 Å². The Morgan fingerprint density at radius 2 is 2.20 bits per heavy atom. The lowest BCUT2D eigenvalue weighted by Gasteiger charge is -1.98. The zero-order valence-corrected chi connectivity index (χ0v) is 5.24. The Morgan fingerprint density at radius 3 is 2.80 bits per heavy atom. The first-order valence-electron chi connectivity index (χ1n) is 2.81. The van der Waals surface area contributed by atoms with Crippen LogP contribution in [0.25, 0.3) is 0 Å². The van der Waals surface area contributed by atoms with Gasteiger partial charge in [-0.25, -0.2) is 0 Å². The quantitative estimate of drug-likeness (QED) is 0.572. The summed E-state index contributed by atoms with van der Waals surface area (Å²) in [5, 5.41) is 20.5. The van der Waals surface area contributed by atoms with E-state index in [1.807, 2.05) is 0 Å². The highest BCUT2D eigenvalue weighted by Crippen LogP contribution is 2.17. The first-order valence-corrected chi connectivity index (χ1v) is 2.81. The highest BCUT2D eigenvalue weighted by molar-refractivity contribution is 5.31. The van der Waals surface area contributed by atoms with Crippen LogP contribution in [0, 0.1) is 0 Å². The molecule has 52 valence electrons. The van der Waals surface area contributed by atoms with Crippen molar-refractivity contribution in [2.75, 3.05) is 6.79 Å². The van der Waals surface area contributed by atoms with Gasteiger partial charge in [0.1, 0.15) is 5.75 Å². The van der Waals surface area contributed by atoms with Crippen LogP contribution in [0.5, 0.6) is 11.5 Å². The number of ether oxygens (including phenoxy) is 1. The van der Waals surface area contributed by atoms with Gasteiger partial charge in [-0.3, -0.25) is 5.11 Å². The van der Waals surface area contributed by atoms with E-state index in [0.717, 1.165) is 0 Å². The zero-order chi connectivity index (χ0) is 7.40. The van der Waals surface area contributed by atoms with Crippen LogP contribution in [0.4, 0.5) is 0 Å². The lowest BCUT2D eigenvalue weighted by Crippen LogP contribution is -1.91. The summed E-state index contributed by atoms with van der Waals surface area (Å²) in [6.07, 6.45) is 0. The Kier molecular flexibility index (Phi) is 2.12. The maximum absolute atomic E-state index is 10.6. The van der Waals surface area contributed by atoms with Crippen molar-refractivity contribution in [1.29, 1.82) is 0 Å². The van der Waals surface area contributed by atoms with Crippen LogP contribution in [-0.4, -0.2) is 6.79 Å². The van der Waals surface area contributed by atoms with E-state index >= 15 is 0 Å². The molecule has 0 bridgehead atoms. The molecule has 10 heavy (non-hydrogen) atoms. The van der Waals surface area contributed by atoms with Crippen LogP contribution in [-0.2, 0) is 10.2 Å². The SMILES string of the molecule is [O]COc1cccc([O])c1. The van der Waals surface area contributed by atoms with Crippen molar-refractivity contribution in [3.05, 3.63) is 24.3 Å². The van der Waals surface area contributed by atoms with Gasteiger partial charge in [0.15, 0.2) is 5.75 Å². The number of benzene rings is 1. The summed E-state index contributed by atoms with van der Waals surface area (Å²) in [4.78, 5) is 0. The van der Waals surface area contributed by atoms with Crippen molar-refractivity contribution < 1.29 is 14.9 Å². The zero-order valence-electron chi connectivity index (χ0n) is 5.24. The van der Waals surface area contributed by atoms with Gasteiger partial charge < -0.3 is 4.74 Å². The molecule has 0 aliphatic rings. The summed E-state index contributed by atoms with van der Waals surface area (Å²) in [6.45, 7) is -0.649. The molecule has 1 rings (SSSR count). The predicted octanol–water partition coefficient (Wildman–Crippen LogP) is 1.60. The summed E-state index contributed by atoms with van der Waals surface area (Å²) in [5.74, 6) is 0.188. The molecule has 3 nitrogen and oxygen atoms in total. The van der Waals surface area contributed by atoms with Gasteiger partial charge in [0.05, 0.1) is 0 Å². The van der Waals surface area contributed by atoms with E-state index in [1.165, 1.54) is 12.1 Å². The Balaban J connectivity index is 2.75. The third-order valence-electron chi connectivity index (χ3n) is 1.03. The van der Waals surface area contributed by atoms with Gasteiger partial charge in [0, 0.05) is 6.07 Å². The average molecular weight is 138 g/mol. The number of hydrogen-bond donors (Lipinski definition) is 0. The smallest absolute Gasteiger partial charge is 0.221 e. The normalized spacial score (nSPS) is 9.30. The fourth-order valence-corrected chi connectivity index (χ4v) is 0.632. The molecule has 0 saturated heterocycles. The molecule has 0 unspecified atom stereocenters. The molecular weight excluding hydrogens is 132 g/mol. The van der Waals surface area contributed by atoms with Gasteiger partial charge >= 0.3 is 0 Å². The topological polar surface area (TPSA) is 49.0 Å². The molecule has 1 aromatic rings. The molecule has 0 saturated carbocycles. The molecule has 2 radical (unpaired) electrons. The van der Waals surface area contributed by atoms with Gasteiger partial charge in [-0.2, -0.15) is 5.11 Å². The fourth-order valence-electron chi connectivity index (χ4n) is 0.632. The van der Waals surface area contributed by atoms with Gasteiger partial charge in [-0.1, -0.05) is 6.07 Å². The third kappa shape index (κ3) is 1.63. The second-order valence-corrected chi connectivity index (χ2v) is 1.74. The van der Waals surface area contributed by atoms with Gasteiger partial charge in [-0.05, 0) is 12.1 Å². The van der Waals surface area contributed by atoms with Crippen molar-refractivity contribution in [2.45, 2.75) is 0 Å². The van der Waals surface area contributed by atoms with Gasteiger partial charge in [0.25, 0.3) is 0 Å². The minimum atomic E-state index is -0.649. The van der Waals surface area contributed by atoms with Crippen molar-refractivity contribution in [2.24, 2.45) is 0 Å². The first kappa shape index (κ1) is 6.89. The number of rotatable bonds is 2. The summed E-state index contributed by atoms with van der Waals surface area (Å²) < 4.78 is 4.53. The van der Waals surface area contributed by atoms with Gasteiger partial charge in [0.2, 0.25) is 6.79 Å². The lowest BCUT2D eigenvalue weighted by atomic mass is 10.3. The molecule has 1 aromatic carbocycles. The van der Waals surface area contributed by atoms with E-state index < -0.39 is 6.79 Å². The molecule has 0 spiro atoms. The van der Waals surface area contributed by atoms with E-state index in [4.69, 9.17) is 0 Å². The highest BCUT2D eigenvalue weighted by atomic mass is 16.6. The van der Waals surface area contributed by atoms with Crippen LogP contribution in [0.3, 0.4) is 0 Å². The van der Waals surface area contributed by atoms with Crippen LogP contribution in [0.2, 0.25) is 0 Å². The van der Waals surface area contributed by atoms with E-state index in [2.05, 4.69) is 4.74 Å². The van der Waals surface area contributed by atoms with E-state index in [9.17, 15) is 10.2 Å². The third-order valence-corrected chi connectivity index (χ3v) is 1.03. The molecule has 0 aliphatic heterocycles. The van der Waals surface area contributed by atoms with Crippen molar-refractivity contribution in [1.82, 2.24) is 0 Å². The van der Waals surface area contributed by atoms with Gasteiger partial charge in [-0.15, -0.1) is 0 Å². The minimum absolute atomic E-state index is 0.147. The molecule has 0 fully saturated rings.